The molecule has 1 heterocycles. The molecule has 0 fully saturated rings. The zero-order chi connectivity index (χ0) is 16.0. The smallest absolute Gasteiger partial charge is 0.270 e. The Balaban J connectivity index is 1.67. The van der Waals surface area contributed by atoms with Gasteiger partial charge in [0.2, 0.25) is 0 Å². The van der Waals surface area contributed by atoms with E-state index >= 15 is 0 Å². The number of aromatic amines is 1. The average molecular weight is 308 g/mol. The summed E-state index contributed by atoms with van der Waals surface area (Å²) in [7, 11) is 1.82. The molecule has 0 radical (unpaired) electrons. The van der Waals surface area contributed by atoms with Crippen LogP contribution >= 0.6 is 0 Å². The third-order valence-electron chi connectivity index (χ3n) is 4.73. The molecule has 1 aliphatic rings. The number of amides is 1. The highest BCUT2D eigenvalue weighted by atomic mass is 19.1. The van der Waals surface area contributed by atoms with Crippen molar-refractivity contribution in [2.24, 2.45) is 0 Å². The highest BCUT2D eigenvalue weighted by Gasteiger charge is 2.29. The third kappa shape index (κ3) is 2.22. The topological polar surface area (TPSA) is 36.1 Å². The SMILES string of the molecule is CN(C(=O)c1cc2c(F)cccc2[nH]1)C1CCc2ccccc21. The largest absolute Gasteiger partial charge is 0.350 e. The fourth-order valence-electron chi connectivity index (χ4n) is 3.50. The third-order valence-corrected chi connectivity index (χ3v) is 4.73. The zero-order valence-corrected chi connectivity index (χ0v) is 12.8. The minimum atomic E-state index is -0.313. The number of halogens is 1. The van der Waals surface area contributed by atoms with Crippen LogP contribution in [0.5, 0.6) is 0 Å². The first-order chi connectivity index (χ1) is 11.1. The van der Waals surface area contributed by atoms with Crippen LogP contribution in [0, 0.1) is 5.82 Å². The number of aryl methyl sites for hydroxylation is 1. The number of hydrogen-bond acceptors (Lipinski definition) is 1. The maximum atomic E-state index is 13.8. The number of aromatic nitrogens is 1. The van der Waals surface area contributed by atoms with Gasteiger partial charge in [-0.1, -0.05) is 30.3 Å². The number of nitrogens with zero attached hydrogens (tertiary/aromatic N) is 1. The van der Waals surface area contributed by atoms with Crippen LogP contribution in [0.15, 0.2) is 48.5 Å². The number of carbonyl (C=O) groups excluding carboxylic acids is 1. The van der Waals surface area contributed by atoms with Gasteiger partial charge in [0.15, 0.2) is 0 Å². The molecular formula is C19H17FN2O. The Bertz CT molecular complexity index is 899. The molecule has 116 valence electrons. The molecule has 0 saturated heterocycles. The summed E-state index contributed by atoms with van der Waals surface area (Å²) >= 11 is 0. The van der Waals surface area contributed by atoms with Crippen molar-refractivity contribution in [2.75, 3.05) is 7.05 Å². The second-order valence-corrected chi connectivity index (χ2v) is 6.05. The van der Waals surface area contributed by atoms with Gasteiger partial charge in [-0.2, -0.15) is 0 Å². The van der Waals surface area contributed by atoms with Gasteiger partial charge in [0.05, 0.1) is 6.04 Å². The van der Waals surface area contributed by atoms with Crippen LogP contribution in [0.3, 0.4) is 0 Å². The van der Waals surface area contributed by atoms with Gasteiger partial charge in [-0.15, -0.1) is 0 Å². The summed E-state index contributed by atoms with van der Waals surface area (Å²) in [4.78, 5) is 17.6. The summed E-state index contributed by atoms with van der Waals surface area (Å²) in [6, 6.07) is 14.7. The molecule has 1 N–H and O–H groups in total. The number of nitrogens with one attached hydrogen (secondary N) is 1. The molecule has 1 unspecified atom stereocenters. The van der Waals surface area contributed by atoms with Gasteiger partial charge in [0.25, 0.3) is 5.91 Å². The van der Waals surface area contributed by atoms with Gasteiger partial charge in [0, 0.05) is 18.0 Å². The Labute approximate surface area is 133 Å². The number of H-pyrrole nitrogens is 1. The van der Waals surface area contributed by atoms with Crippen molar-refractivity contribution in [3.8, 4) is 0 Å². The standard InChI is InChI=1S/C19H17FN2O/c1-22(18-10-9-12-5-2-3-6-13(12)18)19(23)17-11-14-15(20)7-4-8-16(14)21-17/h2-8,11,18,21H,9-10H2,1H3. The van der Waals surface area contributed by atoms with E-state index in [1.165, 1.54) is 17.2 Å². The van der Waals surface area contributed by atoms with E-state index in [9.17, 15) is 9.18 Å². The molecule has 1 aromatic heterocycles. The second kappa shape index (κ2) is 5.23. The summed E-state index contributed by atoms with van der Waals surface area (Å²) in [5.74, 6) is -0.422. The Morgan fingerprint density at radius 3 is 2.87 bits per heavy atom. The Morgan fingerprint density at radius 2 is 2.04 bits per heavy atom. The van der Waals surface area contributed by atoms with Crippen molar-refractivity contribution in [2.45, 2.75) is 18.9 Å². The molecule has 1 amide bonds. The fourth-order valence-corrected chi connectivity index (χ4v) is 3.50. The quantitative estimate of drug-likeness (QED) is 0.761. The van der Waals surface area contributed by atoms with Gasteiger partial charge in [0.1, 0.15) is 11.5 Å². The molecule has 1 aliphatic carbocycles. The van der Waals surface area contributed by atoms with E-state index in [4.69, 9.17) is 0 Å². The predicted octanol–water partition coefficient (Wildman–Crippen LogP) is 4.07. The molecule has 3 nitrogen and oxygen atoms in total. The zero-order valence-electron chi connectivity index (χ0n) is 12.8. The number of carbonyl (C=O) groups is 1. The molecule has 2 aromatic carbocycles. The first-order valence-electron chi connectivity index (χ1n) is 7.77. The second-order valence-electron chi connectivity index (χ2n) is 6.05. The molecular weight excluding hydrogens is 291 g/mol. The van der Waals surface area contributed by atoms with Gasteiger partial charge >= 0.3 is 0 Å². The summed E-state index contributed by atoms with van der Waals surface area (Å²) < 4.78 is 13.8. The number of fused-ring (bicyclic) bond motifs is 2. The lowest BCUT2D eigenvalue weighted by Crippen LogP contribution is -2.30. The molecule has 0 saturated carbocycles. The van der Waals surface area contributed by atoms with Crippen LogP contribution < -0.4 is 0 Å². The van der Waals surface area contributed by atoms with Crippen molar-refractivity contribution in [1.29, 1.82) is 0 Å². The molecule has 4 rings (SSSR count). The van der Waals surface area contributed by atoms with E-state index in [0.29, 0.717) is 16.6 Å². The minimum Gasteiger partial charge on any atom is -0.350 e. The van der Waals surface area contributed by atoms with Crippen LogP contribution in [0.1, 0.15) is 34.1 Å². The van der Waals surface area contributed by atoms with E-state index in [1.54, 1.807) is 23.1 Å². The lowest BCUT2D eigenvalue weighted by Gasteiger charge is -2.25. The lowest BCUT2D eigenvalue weighted by atomic mass is 10.1. The van der Waals surface area contributed by atoms with Gasteiger partial charge in [-0.3, -0.25) is 4.79 Å². The van der Waals surface area contributed by atoms with E-state index in [-0.39, 0.29) is 17.8 Å². The molecule has 1 atom stereocenters. The molecule has 3 aromatic rings. The summed E-state index contributed by atoms with van der Waals surface area (Å²) in [6.07, 6.45) is 1.91. The Hall–Kier alpha value is -2.62. The van der Waals surface area contributed by atoms with Crippen LogP contribution in [0.4, 0.5) is 4.39 Å². The van der Waals surface area contributed by atoms with Crippen molar-refractivity contribution < 1.29 is 9.18 Å². The monoisotopic (exact) mass is 308 g/mol. The number of benzene rings is 2. The summed E-state index contributed by atoms with van der Waals surface area (Å²) in [6.45, 7) is 0. The van der Waals surface area contributed by atoms with Gasteiger partial charge in [-0.05, 0) is 42.2 Å². The van der Waals surface area contributed by atoms with Crippen molar-refractivity contribution >= 4 is 16.8 Å². The molecule has 0 spiro atoms. The summed E-state index contributed by atoms with van der Waals surface area (Å²) in [5.41, 5.74) is 3.59. The number of rotatable bonds is 2. The van der Waals surface area contributed by atoms with Crippen LogP contribution in [-0.4, -0.2) is 22.8 Å². The molecule has 0 bridgehead atoms. The first kappa shape index (κ1) is 14.0. The number of hydrogen-bond donors (Lipinski definition) is 1. The highest BCUT2D eigenvalue weighted by Crippen LogP contribution is 2.35. The van der Waals surface area contributed by atoms with E-state index in [1.807, 2.05) is 19.2 Å². The normalized spacial score (nSPS) is 16.5. The van der Waals surface area contributed by atoms with Gasteiger partial charge < -0.3 is 9.88 Å². The van der Waals surface area contributed by atoms with E-state index in [0.717, 1.165) is 12.8 Å². The van der Waals surface area contributed by atoms with E-state index < -0.39 is 0 Å². The van der Waals surface area contributed by atoms with E-state index in [2.05, 4.69) is 17.1 Å². The molecule has 0 aliphatic heterocycles. The highest BCUT2D eigenvalue weighted by molar-refractivity contribution is 5.98. The summed E-state index contributed by atoms with van der Waals surface area (Å²) in [5, 5.41) is 0.455. The molecule has 4 heteroatoms. The van der Waals surface area contributed by atoms with Crippen molar-refractivity contribution in [3.63, 3.8) is 0 Å². The van der Waals surface area contributed by atoms with Crippen molar-refractivity contribution in [1.82, 2.24) is 9.88 Å². The van der Waals surface area contributed by atoms with Crippen LogP contribution in [0.2, 0.25) is 0 Å². The lowest BCUT2D eigenvalue weighted by molar-refractivity contribution is 0.0725. The minimum absolute atomic E-state index is 0.0787. The van der Waals surface area contributed by atoms with Crippen LogP contribution in [0.25, 0.3) is 10.9 Å². The Morgan fingerprint density at radius 1 is 1.22 bits per heavy atom. The maximum Gasteiger partial charge on any atom is 0.270 e. The Kier molecular flexibility index (Phi) is 3.18. The van der Waals surface area contributed by atoms with Crippen molar-refractivity contribution in [3.05, 3.63) is 71.2 Å². The van der Waals surface area contributed by atoms with Crippen LogP contribution in [-0.2, 0) is 6.42 Å². The fraction of sp³-hybridized carbons (Fsp3) is 0.211. The molecule has 23 heavy (non-hydrogen) atoms. The first-order valence-corrected chi connectivity index (χ1v) is 7.77. The average Bonchev–Trinajstić information content (AvgIpc) is 3.18. The maximum absolute atomic E-state index is 13.8. The predicted molar refractivity (Wildman–Crippen MR) is 87.9 cm³/mol. The van der Waals surface area contributed by atoms with Gasteiger partial charge in [-0.25, -0.2) is 4.39 Å².